The molecule has 0 spiro atoms. The number of aryl methyl sites for hydroxylation is 2. The van der Waals surface area contributed by atoms with Gasteiger partial charge in [0.25, 0.3) is 0 Å². The Morgan fingerprint density at radius 1 is 1.00 bits per heavy atom. The average molecular weight is 359 g/mol. The first-order chi connectivity index (χ1) is 13.1. The quantitative estimate of drug-likeness (QED) is 0.590. The highest BCUT2D eigenvalue weighted by molar-refractivity contribution is 5.92. The van der Waals surface area contributed by atoms with E-state index < -0.39 is 0 Å². The Morgan fingerprint density at radius 2 is 1.81 bits per heavy atom. The molecule has 1 fully saturated rings. The van der Waals surface area contributed by atoms with Gasteiger partial charge in [0.2, 0.25) is 0 Å². The zero-order chi connectivity index (χ0) is 18.5. The second kappa shape index (κ2) is 5.94. The first-order valence-corrected chi connectivity index (χ1v) is 9.27. The summed E-state index contributed by atoms with van der Waals surface area (Å²) < 4.78 is 1.76. The number of pyridine rings is 2. The molecule has 0 saturated carbocycles. The van der Waals surface area contributed by atoms with Crippen LogP contribution in [0.15, 0.2) is 36.8 Å². The third-order valence-corrected chi connectivity index (χ3v) is 5.42. The summed E-state index contributed by atoms with van der Waals surface area (Å²) in [6.45, 7) is 4.07. The van der Waals surface area contributed by atoms with Gasteiger partial charge in [-0.15, -0.1) is 0 Å². The molecule has 5 rings (SSSR count). The summed E-state index contributed by atoms with van der Waals surface area (Å²) in [4.78, 5) is 11.6. The number of hydrogen-bond donors (Lipinski definition) is 1. The maximum atomic E-state index is 10.7. The van der Waals surface area contributed by atoms with Crippen LogP contribution in [-0.2, 0) is 7.05 Å². The monoisotopic (exact) mass is 359 g/mol. The highest BCUT2D eigenvalue weighted by Crippen LogP contribution is 2.36. The maximum absolute atomic E-state index is 10.7. The van der Waals surface area contributed by atoms with Crippen LogP contribution in [0.4, 0.5) is 5.69 Å². The zero-order valence-electron chi connectivity index (χ0n) is 15.5. The Labute approximate surface area is 157 Å². The highest BCUT2D eigenvalue weighted by atomic mass is 16.3. The largest absolute Gasteiger partial charge is 0.507 e. The fourth-order valence-electron chi connectivity index (χ4n) is 3.94. The Hall–Kier alpha value is -3.15. The molecule has 3 aromatic heterocycles. The van der Waals surface area contributed by atoms with Crippen LogP contribution in [0.2, 0.25) is 0 Å². The molecular formula is C21H21N5O. The molecule has 0 unspecified atom stereocenters. The highest BCUT2D eigenvalue weighted by Gasteiger charge is 2.16. The molecule has 6 heteroatoms. The molecule has 6 nitrogen and oxygen atoms in total. The summed E-state index contributed by atoms with van der Waals surface area (Å²) in [6.07, 6.45) is 8.22. The number of phenols is 1. The molecule has 1 aliphatic rings. The third-order valence-electron chi connectivity index (χ3n) is 5.42. The molecule has 4 heterocycles. The number of rotatable bonds is 2. The molecule has 136 valence electrons. The number of benzene rings is 1. The number of aromatic nitrogens is 4. The van der Waals surface area contributed by atoms with E-state index in [0.717, 1.165) is 51.8 Å². The Morgan fingerprint density at radius 3 is 2.63 bits per heavy atom. The number of nitrogens with zero attached hydrogens (tertiary/aromatic N) is 5. The number of hydrogen-bond acceptors (Lipinski definition) is 5. The minimum absolute atomic E-state index is 0.224. The first-order valence-electron chi connectivity index (χ1n) is 9.27. The molecule has 1 saturated heterocycles. The number of aromatic hydroxyl groups is 1. The lowest BCUT2D eigenvalue weighted by Gasteiger charge is -2.17. The first kappa shape index (κ1) is 16.1. The van der Waals surface area contributed by atoms with Crippen molar-refractivity contribution in [2.45, 2.75) is 19.8 Å². The lowest BCUT2D eigenvalue weighted by molar-refractivity contribution is 0.474. The van der Waals surface area contributed by atoms with Gasteiger partial charge in [-0.3, -0.25) is 14.6 Å². The normalized spacial score (nSPS) is 14.5. The van der Waals surface area contributed by atoms with Gasteiger partial charge in [0.05, 0.1) is 28.6 Å². The van der Waals surface area contributed by atoms with Crippen LogP contribution in [0.1, 0.15) is 18.4 Å². The van der Waals surface area contributed by atoms with E-state index in [2.05, 4.69) is 26.0 Å². The van der Waals surface area contributed by atoms with E-state index in [1.165, 1.54) is 12.8 Å². The topological polar surface area (TPSA) is 67.1 Å². The molecule has 1 aromatic carbocycles. The van der Waals surface area contributed by atoms with Gasteiger partial charge in [-0.1, -0.05) is 0 Å². The lowest BCUT2D eigenvalue weighted by atomic mass is 10.0. The van der Waals surface area contributed by atoms with E-state index in [9.17, 15) is 5.11 Å². The summed E-state index contributed by atoms with van der Waals surface area (Å²) in [5, 5.41) is 17.1. The van der Waals surface area contributed by atoms with E-state index in [1.54, 1.807) is 4.68 Å². The van der Waals surface area contributed by atoms with E-state index in [-0.39, 0.29) is 5.75 Å². The van der Waals surface area contributed by atoms with Crippen LogP contribution < -0.4 is 4.90 Å². The van der Waals surface area contributed by atoms with Crippen LogP contribution in [-0.4, -0.2) is 37.9 Å². The standard InChI is InChI=1S/C21H21N5O/c1-13-20-15(12-25(2)24-20)8-17(21(13)27)19-9-18-14(10-22-19)7-16(11-23-18)26-5-3-4-6-26/h7-12,27H,3-6H2,1-2H3. The van der Waals surface area contributed by atoms with E-state index in [0.29, 0.717) is 5.56 Å². The van der Waals surface area contributed by atoms with Gasteiger partial charge in [0, 0.05) is 54.4 Å². The van der Waals surface area contributed by atoms with Crippen molar-refractivity contribution in [3.05, 3.63) is 42.4 Å². The van der Waals surface area contributed by atoms with Crippen molar-refractivity contribution in [2.24, 2.45) is 7.05 Å². The summed E-state index contributed by atoms with van der Waals surface area (Å²) in [6, 6.07) is 6.04. The zero-order valence-corrected chi connectivity index (χ0v) is 15.5. The summed E-state index contributed by atoms with van der Waals surface area (Å²) in [5.41, 5.74) is 5.04. The van der Waals surface area contributed by atoms with E-state index in [1.807, 2.05) is 44.7 Å². The summed E-state index contributed by atoms with van der Waals surface area (Å²) in [5.74, 6) is 0.224. The number of phenolic OH excluding ortho intramolecular Hbond substituents is 1. The second-order valence-electron chi connectivity index (χ2n) is 7.29. The van der Waals surface area contributed by atoms with Crippen molar-refractivity contribution in [3.63, 3.8) is 0 Å². The van der Waals surface area contributed by atoms with Gasteiger partial charge in [-0.25, -0.2) is 0 Å². The van der Waals surface area contributed by atoms with Gasteiger partial charge in [-0.2, -0.15) is 5.10 Å². The van der Waals surface area contributed by atoms with Gasteiger partial charge in [0.1, 0.15) is 5.75 Å². The molecule has 0 aliphatic carbocycles. The van der Waals surface area contributed by atoms with Crippen LogP contribution >= 0.6 is 0 Å². The van der Waals surface area contributed by atoms with Crippen LogP contribution in [0, 0.1) is 6.92 Å². The van der Waals surface area contributed by atoms with Crippen LogP contribution in [0.5, 0.6) is 5.75 Å². The smallest absolute Gasteiger partial charge is 0.130 e. The van der Waals surface area contributed by atoms with Gasteiger partial charge in [-0.05, 0) is 38.0 Å². The fraction of sp³-hybridized carbons (Fsp3) is 0.286. The van der Waals surface area contributed by atoms with Crippen LogP contribution in [0.25, 0.3) is 33.1 Å². The minimum Gasteiger partial charge on any atom is -0.507 e. The van der Waals surface area contributed by atoms with Crippen molar-refractivity contribution in [1.82, 2.24) is 19.7 Å². The number of anilines is 1. The summed E-state index contributed by atoms with van der Waals surface area (Å²) in [7, 11) is 1.88. The molecule has 0 amide bonds. The summed E-state index contributed by atoms with van der Waals surface area (Å²) >= 11 is 0. The average Bonchev–Trinajstić information content (AvgIpc) is 3.33. The Kier molecular flexibility index (Phi) is 3.53. The van der Waals surface area contributed by atoms with Crippen molar-refractivity contribution >= 4 is 27.5 Å². The third kappa shape index (κ3) is 2.60. The van der Waals surface area contributed by atoms with Gasteiger partial charge in [0.15, 0.2) is 0 Å². The van der Waals surface area contributed by atoms with E-state index >= 15 is 0 Å². The molecule has 0 radical (unpaired) electrons. The lowest BCUT2D eigenvalue weighted by Crippen LogP contribution is -2.17. The Bertz CT molecular complexity index is 1170. The van der Waals surface area contributed by atoms with Crippen LogP contribution in [0.3, 0.4) is 0 Å². The van der Waals surface area contributed by atoms with Crippen molar-refractivity contribution in [3.8, 4) is 17.0 Å². The SMILES string of the molecule is Cc1c(O)c(-c2cc3ncc(N4CCCC4)cc3cn2)cc2cn(C)nc12. The van der Waals surface area contributed by atoms with Crippen molar-refractivity contribution in [1.29, 1.82) is 0 Å². The maximum Gasteiger partial charge on any atom is 0.130 e. The molecular weight excluding hydrogens is 338 g/mol. The molecule has 1 N–H and O–H groups in total. The number of fused-ring (bicyclic) bond motifs is 2. The predicted octanol–water partition coefficient (Wildman–Crippen LogP) is 3.80. The van der Waals surface area contributed by atoms with Crippen molar-refractivity contribution < 1.29 is 5.11 Å². The molecule has 0 bridgehead atoms. The van der Waals surface area contributed by atoms with Crippen molar-refractivity contribution in [2.75, 3.05) is 18.0 Å². The second-order valence-corrected chi connectivity index (χ2v) is 7.29. The van der Waals surface area contributed by atoms with Gasteiger partial charge >= 0.3 is 0 Å². The van der Waals surface area contributed by atoms with Gasteiger partial charge < -0.3 is 10.0 Å². The minimum atomic E-state index is 0.224. The molecule has 4 aromatic rings. The molecule has 1 aliphatic heterocycles. The van der Waals surface area contributed by atoms with E-state index in [4.69, 9.17) is 0 Å². The molecule has 0 atom stereocenters. The predicted molar refractivity (Wildman–Crippen MR) is 107 cm³/mol. The fourth-order valence-corrected chi connectivity index (χ4v) is 3.94. The Balaban J connectivity index is 1.61. The molecule has 27 heavy (non-hydrogen) atoms.